The van der Waals surface area contributed by atoms with Crippen molar-refractivity contribution >= 4 is 5.82 Å². The van der Waals surface area contributed by atoms with Crippen molar-refractivity contribution < 1.29 is 13.5 Å². The van der Waals surface area contributed by atoms with Crippen molar-refractivity contribution in [1.29, 1.82) is 5.26 Å². The summed E-state index contributed by atoms with van der Waals surface area (Å²) in [5.74, 6) is 0.559. The molecule has 2 aromatic rings. The predicted octanol–water partition coefficient (Wildman–Crippen LogP) is 2.87. The number of hydrogen-bond donors (Lipinski definition) is 1. The molecule has 0 saturated carbocycles. The van der Waals surface area contributed by atoms with Crippen molar-refractivity contribution in [3.05, 3.63) is 47.2 Å². The van der Waals surface area contributed by atoms with Crippen LogP contribution in [-0.4, -0.2) is 16.8 Å². The highest BCUT2D eigenvalue weighted by molar-refractivity contribution is 5.41. The van der Waals surface area contributed by atoms with Crippen LogP contribution in [0.1, 0.15) is 16.8 Å². The first-order valence-electron chi connectivity index (χ1n) is 6.10. The molecule has 0 atom stereocenters. The van der Waals surface area contributed by atoms with E-state index in [9.17, 15) is 8.78 Å². The molecule has 1 heterocycles. The number of nitriles is 1. The quantitative estimate of drug-likeness (QED) is 0.916. The molecule has 0 radical (unpaired) electrons. The fourth-order valence-electron chi connectivity index (χ4n) is 1.73. The molecule has 0 bridgehead atoms. The van der Waals surface area contributed by atoms with Crippen LogP contribution in [0.5, 0.6) is 5.75 Å². The molecule has 0 unspecified atom stereocenters. The summed E-state index contributed by atoms with van der Waals surface area (Å²) in [5, 5.41) is 19.0. The third-order valence-corrected chi connectivity index (χ3v) is 2.67. The van der Waals surface area contributed by atoms with Gasteiger partial charge in [0.2, 0.25) is 0 Å². The molecule has 5 nitrogen and oxygen atoms in total. The maximum Gasteiger partial charge on any atom is 0.387 e. The molecule has 1 aromatic carbocycles. The van der Waals surface area contributed by atoms with E-state index < -0.39 is 6.61 Å². The van der Waals surface area contributed by atoms with Gasteiger partial charge in [-0.25, -0.2) is 0 Å². The van der Waals surface area contributed by atoms with Crippen LogP contribution in [-0.2, 0) is 6.54 Å². The molecule has 21 heavy (non-hydrogen) atoms. The number of halogens is 2. The Balaban J connectivity index is 2.11. The van der Waals surface area contributed by atoms with Crippen LogP contribution in [0.15, 0.2) is 30.3 Å². The van der Waals surface area contributed by atoms with Crippen molar-refractivity contribution in [3.8, 4) is 11.8 Å². The minimum Gasteiger partial charge on any atom is -0.434 e. The van der Waals surface area contributed by atoms with Gasteiger partial charge in [0.05, 0.1) is 0 Å². The number of hydrogen-bond acceptors (Lipinski definition) is 5. The normalized spacial score (nSPS) is 10.2. The Hall–Kier alpha value is -2.75. The van der Waals surface area contributed by atoms with E-state index in [1.54, 1.807) is 18.2 Å². The lowest BCUT2D eigenvalue weighted by atomic mass is 10.1. The summed E-state index contributed by atoms with van der Waals surface area (Å²) in [6, 6.07) is 9.92. The molecule has 7 heteroatoms. The zero-order valence-electron chi connectivity index (χ0n) is 11.2. The van der Waals surface area contributed by atoms with E-state index in [-0.39, 0.29) is 18.0 Å². The second-order valence-electron chi connectivity index (χ2n) is 4.26. The summed E-state index contributed by atoms with van der Waals surface area (Å²) < 4.78 is 29.2. The third-order valence-electron chi connectivity index (χ3n) is 2.67. The number of aryl methyl sites for hydroxylation is 1. The van der Waals surface area contributed by atoms with Gasteiger partial charge in [0.25, 0.3) is 0 Å². The Morgan fingerprint density at radius 1 is 1.29 bits per heavy atom. The number of rotatable bonds is 5. The fraction of sp³-hybridized carbons (Fsp3) is 0.214. The number of benzene rings is 1. The molecular formula is C14H12F2N4O. The van der Waals surface area contributed by atoms with Crippen LogP contribution in [0.3, 0.4) is 0 Å². The standard InChI is InChI=1S/C14H12F2N4O/c1-9-2-4-12(21-14(15)16)10(6-9)8-18-13-5-3-11(7-17)19-20-13/h2-6,14H,8H2,1H3,(H,18,20). The molecule has 0 amide bonds. The van der Waals surface area contributed by atoms with Crippen molar-refractivity contribution in [1.82, 2.24) is 10.2 Å². The smallest absolute Gasteiger partial charge is 0.387 e. The van der Waals surface area contributed by atoms with E-state index in [4.69, 9.17) is 5.26 Å². The van der Waals surface area contributed by atoms with E-state index in [2.05, 4.69) is 20.3 Å². The summed E-state index contributed by atoms with van der Waals surface area (Å²) >= 11 is 0. The Kier molecular flexibility index (Phi) is 4.61. The highest BCUT2D eigenvalue weighted by Crippen LogP contribution is 2.22. The Bertz CT molecular complexity index is 653. The summed E-state index contributed by atoms with van der Waals surface area (Å²) in [5.41, 5.74) is 1.72. The zero-order valence-corrected chi connectivity index (χ0v) is 11.2. The van der Waals surface area contributed by atoms with Crippen LogP contribution < -0.4 is 10.1 Å². The lowest BCUT2D eigenvalue weighted by molar-refractivity contribution is -0.0504. The molecule has 108 valence electrons. The van der Waals surface area contributed by atoms with Crippen molar-refractivity contribution in [2.75, 3.05) is 5.32 Å². The van der Waals surface area contributed by atoms with Gasteiger partial charge in [-0.15, -0.1) is 10.2 Å². The van der Waals surface area contributed by atoms with Gasteiger partial charge in [0.15, 0.2) is 5.69 Å². The summed E-state index contributed by atoms with van der Waals surface area (Å²) in [4.78, 5) is 0. The van der Waals surface area contributed by atoms with E-state index in [1.165, 1.54) is 12.1 Å². The predicted molar refractivity (Wildman–Crippen MR) is 71.9 cm³/mol. The van der Waals surface area contributed by atoms with E-state index in [1.807, 2.05) is 13.0 Å². The molecule has 1 N–H and O–H groups in total. The number of nitrogens with zero attached hydrogens (tertiary/aromatic N) is 3. The molecule has 0 aliphatic heterocycles. The van der Waals surface area contributed by atoms with Gasteiger partial charge in [0, 0.05) is 12.1 Å². The van der Waals surface area contributed by atoms with Gasteiger partial charge in [-0.3, -0.25) is 0 Å². The molecule has 1 aromatic heterocycles. The maximum atomic E-state index is 12.4. The Labute approximate surface area is 120 Å². The highest BCUT2D eigenvalue weighted by atomic mass is 19.3. The number of ether oxygens (including phenoxy) is 1. The van der Waals surface area contributed by atoms with Gasteiger partial charge in [-0.1, -0.05) is 17.7 Å². The average Bonchev–Trinajstić information content (AvgIpc) is 2.47. The monoisotopic (exact) mass is 290 g/mol. The highest BCUT2D eigenvalue weighted by Gasteiger charge is 2.10. The van der Waals surface area contributed by atoms with Crippen molar-refractivity contribution in [2.45, 2.75) is 20.1 Å². The molecule has 0 aliphatic rings. The van der Waals surface area contributed by atoms with Gasteiger partial charge >= 0.3 is 6.61 Å². The Morgan fingerprint density at radius 2 is 2.10 bits per heavy atom. The van der Waals surface area contributed by atoms with E-state index >= 15 is 0 Å². The largest absolute Gasteiger partial charge is 0.434 e. The minimum absolute atomic E-state index is 0.115. The zero-order chi connectivity index (χ0) is 15.2. The molecular weight excluding hydrogens is 278 g/mol. The van der Waals surface area contributed by atoms with Crippen molar-refractivity contribution in [2.24, 2.45) is 0 Å². The average molecular weight is 290 g/mol. The second-order valence-corrected chi connectivity index (χ2v) is 4.26. The van der Waals surface area contributed by atoms with Gasteiger partial charge < -0.3 is 10.1 Å². The lowest BCUT2D eigenvalue weighted by Gasteiger charge is -2.12. The molecule has 2 rings (SSSR count). The molecule has 0 aliphatic carbocycles. The fourth-order valence-corrected chi connectivity index (χ4v) is 1.73. The van der Waals surface area contributed by atoms with Crippen LogP contribution >= 0.6 is 0 Å². The lowest BCUT2D eigenvalue weighted by Crippen LogP contribution is -2.08. The summed E-state index contributed by atoms with van der Waals surface area (Å²) in [6.45, 7) is -0.761. The van der Waals surface area contributed by atoms with Gasteiger partial charge in [0.1, 0.15) is 17.6 Å². The first-order valence-corrected chi connectivity index (χ1v) is 6.10. The van der Waals surface area contributed by atoms with Crippen LogP contribution in [0.2, 0.25) is 0 Å². The van der Waals surface area contributed by atoms with Crippen LogP contribution in [0.25, 0.3) is 0 Å². The van der Waals surface area contributed by atoms with Crippen LogP contribution in [0.4, 0.5) is 14.6 Å². The number of alkyl halides is 2. The first kappa shape index (κ1) is 14.7. The summed E-state index contributed by atoms with van der Waals surface area (Å²) in [6.07, 6.45) is 0. The number of aromatic nitrogens is 2. The van der Waals surface area contributed by atoms with Gasteiger partial charge in [-0.05, 0) is 25.1 Å². The molecule has 0 spiro atoms. The summed E-state index contributed by atoms with van der Waals surface area (Å²) in [7, 11) is 0. The number of nitrogens with one attached hydrogen (secondary N) is 1. The first-order chi connectivity index (χ1) is 10.1. The maximum absolute atomic E-state index is 12.4. The SMILES string of the molecule is Cc1ccc(OC(F)F)c(CNc2ccc(C#N)nn2)c1. The van der Waals surface area contributed by atoms with E-state index in [0.29, 0.717) is 11.4 Å². The van der Waals surface area contributed by atoms with Crippen molar-refractivity contribution in [3.63, 3.8) is 0 Å². The van der Waals surface area contributed by atoms with Crippen LogP contribution in [0, 0.1) is 18.3 Å². The third kappa shape index (κ3) is 4.11. The molecule has 0 fully saturated rings. The number of anilines is 1. The minimum atomic E-state index is -2.87. The molecule has 0 saturated heterocycles. The van der Waals surface area contributed by atoms with Gasteiger partial charge in [-0.2, -0.15) is 14.0 Å². The van der Waals surface area contributed by atoms with E-state index in [0.717, 1.165) is 5.56 Å². The topological polar surface area (TPSA) is 70.8 Å². The Morgan fingerprint density at radius 3 is 2.71 bits per heavy atom. The second kappa shape index (κ2) is 6.61.